The van der Waals surface area contributed by atoms with Crippen molar-refractivity contribution in [2.45, 2.75) is 0 Å². The Morgan fingerprint density at radius 3 is 2.71 bits per heavy atom. The highest BCUT2D eigenvalue weighted by Gasteiger charge is 2.18. The summed E-state index contributed by atoms with van der Waals surface area (Å²) >= 11 is 3.38. The van der Waals surface area contributed by atoms with Crippen LogP contribution in [0.15, 0.2) is 22.7 Å². The fourth-order valence-electron chi connectivity index (χ4n) is 1.85. The Morgan fingerprint density at radius 1 is 1.35 bits per heavy atom. The molecule has 1 N–H and O–H groups in total. The average molecular weight is 299 g/mol. The van der Waals surface area contributed by atoms with Gasteiger partial charge in [-0.05, 0) is 18.2 Å². The maximum atomic E-state index is 12.2. The molecule has 0 radical (unpaired) electrons. The van der Waals surface area contributed by atoms with E-state index in [-0.39, 0.29) is 5.91 Å². The molecule has 1 aliphatic heterocycles. The van der Waals surface area contributed by atoms with Gasteiger partial charge in [0.2, 0.25) is 0 Å². The summed E-state index contributed by atoms with van der Waals surface area (Å²) in [6, 6.07) is 5.44. The van der Waals surface area contributed by atoms with E-state index in [4.69, 9.17) is 4.74 Å². The number of carbonyl (C=O) groups is 1. The quantitative estimate of drug-likeness (QED) is 0.900. The van der Waals surface area contributed by atoms with Gasteiger partial charge in [0.1, 0.15) is 5.75 Å². The minimum atomic E-state index is 0.0612. The zero-order valence-corrected chi connectivity index (χ0v) is 11.3. The Hall–Kier alpha value is -1.07. The Labute approximate surface area is 109 Å². The molecule has 0 aromatic heterocycles. The second kappa shape index (κ2) is 5.51. The molecule has 1 aliphatic rings. The monoisotopic (exact) mass is 298 g/mol. The largest absolute Gasteiger partial charge is 0.497 e. The van der Waals surface area contributed by atoms with Gasteiger partial charge in [0, 0.05) is 36.2 Å². The molecule has 0 spiro atoms. The van der Waals surface area contributed by atoms with Crippen LogP contribution < -0.4 is 10.1 Å². The van der Waals surface area contributed by atoms with E-state index in [0.29, 0.717) is 11.3 Å². The van der Waals surface area contributed by atoms with E-state index in [1.807, 2.05) is 17.0 Å². The van der Waals surface area contributed by atoms with Gasteiger partial charge in [0.15, 0.2) is 0 Å². The van der Waals surface area contributed by atoms with Gasteiger partial charge in [-0.1, -0.05) is 15.9 Å². The Morgan fingerprint density at radius 2 is 2.06 bits per heavy atom. The number of piperazine rings is 1. The molecule has 0 atom stereocenters. The molecule has 1 amide bonds. The fourth-order valence-corrected chi connectivity index (χ4v) is 2.33. The number of amides is 1. The van der Waals surface area contributed by atoms with Crippen molar-refractivity contribution in [3.8, 4) is 5.75 Å². The Kier molecular flexibility index (Phi) is 4.02. The smallest absolute Gasteiger partial charge is 0.254 e. The number of ether oxygens (including phenoxy) is 1. The third kappa shape index (κ3) is 2.98. The van der Waals surface area contributed by atoms with Gasteiger partial charge >= 0.3 is 0 Å². The summed E-state index contributed by atoms with van der Waals surface area (Å²) in [7, 11) is 1.60. The lowest BCUT2D eigenvalue weighted by atomic mass is 10.1. The van der Waals surface area contributed by atoms with Crippen molar-refractivity contribution in [1.29, 1.82) is 0 Å². The van der Waals surface area contributed by atoms with Gasteiger partial charge in [0.25, 0.3) is 5.91 Å². The number of hydrogen-bond acceptors (Lipinski definition) is 3. The molecule has 1 aromatic carbocycles. The van der Waals surface area contributed by atoms with E-state index in [9.17, 15) is 4.79 Å². The summed E-state index contributed by atoms with van der Waals surface area (Å²) in [6.45, 7) is 3.23. The SMILES string of the molecule is COc1cc(Br)cc(C(=O)N2CCNCC2)c1. The van der Waals surface area contributed by atoms with Crippen molar-refractivity contribution >= 4 is 21.8 Å². The molecule has 1 fully saturated rings. The molecular weight excluding hydrogens is 284 g/mol. The van der Waals surface area contributed by atoms with E-state index in [0.717, 1.165) is 30.7 Å². The molecule has 0 bridgehead atoms. The summed E-state index contributed by atoms with van der Waals surface area (Å²) in [5, 5.41) is 3.23. The van der Waals surface area contributed by atoms with Crippen LogP contribution in [0.3, 0.4) is 0 Å². The highest BCUT2D eigenvalue weighted by atomic mass is 79.9. The summed E-state index contributed by atoms with van der Waals surface area (Å²) in [5.74, 6) is 0.754. The first-order chi connectivity index (χ1) is 8.20. The van der Waals surface area contributed by atoms with E-state index in [2.05, 4.69) is 21.2 Å². The number of carbonyl (C=O) groups excluding carboxylic acids is 1. The van der Waals surface area contributed by atoms with Gasteiger partial charge in [-0.15, -0.1) is 0 Å². The second-order valence-corrected chi connectivity index (χ2v) is 4.84. The molecule has 2 rings (SSSR count). The van der Waals surface area contributed by atoms with Crippen molar-refractivity contribution in [1.82, 2.24) is 10.2 Å². The highest BCUT2D eigenvalue weighted by molar-refractivity contribution is 9.10. The lowest BCUT2D eigenvalue weighted by molar-refractivity contribution is 0.0735. The van der Waals surface area contributed by atoms with Crippen LogP contribution >= 0.6 is 15.9 Å². The van der Waals surface area contributed by atoms with E-state index >= 15 is 0 Å². The zero-order valence-electron chi connectivity index (χ0n) is 9.70. The summed E-state index contributed by atoms with van der Waals surface area (Å²) in [6.07, 6.45) is 0. The lowest BCUT2D eigenvalue weighted by Crippen LogP contribution is -2.46. The molecular formula is C12H15BrN2O2. The molecule has 0 saturated carbocycles. The molecule has 5 heteroatoms. The van der Waals surface area contributed by atoms with Crippen LogP contribution in [0.4, 0.5) is 0 Å². The van der Waals surface area contributed by atoms with E-state index in [1.54, 1.807) is 13.2 Å². The fraction of sp³-hybridized carbons (Fsp3) is 0.417. The molecule has 92 valence electrons. The normalized spacial score (nSPS) is 15.8. The standard InChI is InChI=1S/C12H15BrN2O2/c1-17-11-7-9(6-10(13)8-11)12(16)15-4-2-14-3-5-15/h6-8,14H,2-5H2,1H3. The third-order valence-corrected chi connectivity index (χ3v) is 3.22. The molecule has 4 nitrogen and oxygen atoms in total. The summed E-state index contributed by atoms with van der Waals surface area (Å²) < 4.78 is 6.02. The Bertz CT molecular complexity index is 417. The molecule has 0 aliphatic carbocycles. The van der Waals surface area contributed by atoms with Gasteiger partial charge in [-0.25, -0.2) is 0 Å². The topological polar surface area (TPSA) is 41.6 Å². The first-order valence-corrected chi connectivity index (χ1v) is 6.34. The number of rotatable bonds is 2. The molecule has 1 saturated heterocycles. The maximum absolute atomic E-state index is 12.2. The van der Waals surface area contributed by atoms with Crippen LogP contribution in [0.5, 0.6) is 5.75 Å². The Balaban J connectivity index is 2.20. The van der Waals surface area contributed by atoms with Gasteiger partial charge in [-0.2, -0.15) is 0 Å². The maximum Gasteiger partial charge on any atom is 0.254 e. The molecule has 0 unspecified atom stereocenters. The van der Waals surface area contributed by atoms with Crippen molar-refractivity contribution in [2.75, 3.05) is 33.3 Å². The first-order valence-electron chi connectivity index (χ1n) is 5.55. The number of hydrogen-bond donors (Lipinski definition) is 1. The molecule has 1 aromatic rings. The second-order valence-electron chi connectivity index (χ2n) is 3.92. The predicted octanol–water partition coefficient (Wildman–Crippen LogP) is 1.50. The average Bonchev–Trinajstić information content (AvgIpc) is 2.38. The van der Waals surface area contributed by atoms with Crippen molar-refractivity contribution < 1.29 is 9.53 Å². The van der Waals surface area contributed by atoms with Crippen LogP contribution in [-0.2, 0) is 0 Å². The van der Waals surface area contributed by atoms with Crippen molar-refractivity contribution in [2.24, 2.45) is 0 Å². The van der Waals surface area contributed by atoms with Gasteiger partial charge < -0.3 is 15.0 Å². The predicted molar refractivity (Wildman–Crippen MR) is 69.5 cm³/mol. The van der Waals surface area contributed by atoms with E-state index < -0.39 is 0 Å². The van der Waals surface area contributed by atoms with Gasteiger partial charge in [0.05, 0.1) is 7.11 Å². The number of nitrogens with zero attached hydrogens (tertiary/aromatic N) is 1. The van der Waals surface area contributed by atoms with Crippen LogP contribution in [0, 0.1) is 0 Å². The van der Waals surface area contributed by atoms with Gasteiger partial charge in [-0.3, -0.25) is 4.79 Å². The van der Waals surface area contributed by atoms with Crippen LogP contribution in [0.1, 0.15) is 10.4 Å². The van der Waals surface area contributed by atoms with Crippen molar-refractivity contribution in [3.63, 3.8) is 0 Å². The lowest BCUT2D eigenvalue weighted by Gasteiger charge is -2.27. The van der Waals surface area contributed by atoms with Crippen molar-refractivity contribution in [3.05, 3.63) is 28.2 Å². The van der Waals surface area contributed by atoms with E-state index in [1.165, 1.54) is 0 Å². The number of benzene rings is 1. The summed E-state index contributed by atoms with van der Waals surface area (Å²) in [5.41, 5.74) is 0.665. The van der Waals surface area contributed by atoms with Crippen LogP contribution in [-0.4, -0.2) is 44.1 Å². The first kappa shape index (κ1) is 12.4. The minimum absolute atomic E-state index is 0.0612. The number of nitrogens with one attached hydrogen (secondary N) is 1. The zero-order chi connectivity index (χ0) is 12.3. The van der Waals surface area contributed by atoms with Crippen LogP contribution in [0.2, 0.25) is 0 Å². The van der Waals surface area contributed by atoms with Crippen LogP contribution in [0.25, 0.3) is 0 Å². The highest BCUT2D eigenvalue weighted by Crippen LogP contribution is 2.22. The summed E-state index contributed by atoms with van der Waals surface area (Å²) in [4.78, 5) is 14.1. The third-order valence-electron chi connectivity index (χ3n) is 2.76. The minimum Gasteiger partial charge on any atom is -0.497 e. The number of methoxy groups -OCH3 is 1. The molecule has 1 heterocycles. The molecule has 17 heavy (non-hydrogen) atoms. The number of halogens is 1.